The quantitative estimate of drug-likeness (QED) is 0.124. The van der Waals surface area contributed by atoms with Crippen molar-refractivity contribution < 1.29 is 63.0 Å². The predicted octanol–water partition coefficient (Wildman–Crippen LogP) is 5.60. The first-order valence-corrected chi connectivity index (χ1v) is 24.7. The standard InChI is InChI=1S/C49H79N3O13/c1-12-33(44(57)58)35-17-16-27(5)40(62-35)31(9)38(53)30(8)39(54)34(13-2)41-28(6)26-29(7)48(63-41)21-18-36(50-45(59)52-25-24-51(15-4)42(55)43(52)56)49(65-48)23-22-46(11,64-49)37-19-20-47(60,14-3)32(10)61-37/h18,21,27-38,40-41,53,60H,12-17,19-20,22-26H2,1-11H3,(H,50,59)(H,57,58)/t27-,28-,29+,30-,31-,32-,33+,34-,35+,36+,37+,38+,40+,41-,46-,47+,48-,49-/m0/s1. The number of ether oxygens (including phenoxy) is 5. The molecule has 0 aromatic heterocycles. The van der Waals surface area contributed by atoms with Crippen molar-refractivity contribution in [2.75, 3.05) is 19.6 Å². The molecular formula is C49H79N3O13. The maximum Gasteiger partial charge on any atom is 0.325 e. The van der Waals surface area contributed by atoms with Crippen molar-refractivity contribution in [2.45, 2.75) is 206 Å². The van der Waals surface area contributed by atoms with E-state index >= 15 is 0 Å². The number of rotatable bonds is 14. The highest BCUT2D eigenvalue weighted by Crippen LogP contribution is 2.54. The Hall–Kier alpha value is -2.99. The van der Waals surface area contributed by atoms with Crippen LogP contribution in [0.2, 0.25) is 0 Å². The van der Waals surface area contributed by atoms with Crippen LogP contribution < -0.4 is 5.32 Å². The molecule has 16 nitrogen and oxygen atoms in total. The van der Waals surface area contributed by atoms with E-state index in [-0.39, 0.29) is 36.6 Å². The monoisotopic (exact) mass is 918 g/mol. The first-order chi connectivity index (χ1) is 30.5. The summed E-state index contributed by atoms with van der Waals surface area (Å²) in [5.41, 5.74) is -1.89. The van der Waals surface area contributed by atoms with Gasteiger partial charge < -0.3 is 49.2 Å². The fourth-order valence-electron chi connectivity index (χ4n) is 12.0. The van der Waals surface area contributed by atoms with Gasteiger partial charge in [-0.2, -0.15) is 0 Å². The number of carbonyl (C=O) groups is 5. The van der Waals surface area contributed by atoms with Crippen LogP contribution >= 0.6 is 0 Å². The number of carbonyl (C=O) groups excluding carboxylic acids is 4. The Balaban J connectivity index is 1.26. The maximum atomic E-state index is 14.7. The van der Waals surface area contributed by atoms with Crippen molar-refractivity contribution in [1.29, 1.82) is 0 Å². The SMILES string of the molecule is CC[C@@H](C(=O)[C@@H](C)[C@@H](O)[C@H](C)[C@@H]1O[C@@H]([C@@H](CC)C(=O)O)CC[C@@H]1C)[C@H]1O[C@]2(C=C[C@@H](NC(=O)N3CCN(CC)C(=O)C3=O)[C@]3(CC[C@@](C)([C@H]4CC[C@](O)(CC)[C@H](C)O4)O3)O2)[C@H](C)C[C@@H]1C. The number of carboxylic acids is 1. The topological polar surface area (TPSA) is 211 Å². The third kappa shape index (κ3) is 9.70. The fourth-order valence-corrected chi connectivity index (χ4v) is 12.0. The summed E-state index contributed by atoms with van der Waals surface area (Å²) in [6.45, 7) is 21.7. The molecule has 4 amide bonds. The number of Topliss-reactive ketones (excluding diaryl/α,β-unsaturated/α-hetero) is 1. The van der Waals surface area contributed by atoms with Crippen LogP contribution in [0.1, 0.15) is 140 Å². The Morgan fingerprint density at radius 2 is 1.57 bits per heavy atom. The largest absolute Gasteiger partial charge is 0.481 e. The zero-order valence-electron chi connectivity index (χ0n) is 40.7. The van der Waals surface area contributed by atoms with Crippen LogP contribution in [0.5, 0.6) is 0 Å². The van der Waals surface area contributed by atoms with Crippen LogP contribution in [-0.4, -0.2) is 140 Å². The van der Waals surface area contributed by atoms with Crippen LogP contribution in [0.3, 0.4) is 0 Å². The number of imide groups is 1. The highest BCUT2D eigenvalue weighted by atomic mass is 16.8. The molecule has 6 rings (SSSR count). The lowest BCUT2D eigenvalue weighted by atomic mass is 9.72. The number of carboxylic acid groups (broad SMARTS) is 1. The highest BCUT2D eigenvalue weighted by Gasteiger charge is 2.64. The number of ketones is 1. The Kier molecular flexibility index (Phi) is 15.8. The average molecular weight is 918 g/mol. The molecule has 5 fully saturated rings. The van der Waals surface area contributed by atoms with E-state index in [1.54, 1.807) is 26.0 Å². The summed E-state index contributed by atoms with van der Waals surface area (Å²) >= 11 is 0. The Bertz CT molecular complexity index is 1800. The van der Waals surface area contributed by atoms with Crippen molar-refractivity contribution in [3.05, 3.63) is 12.2 Å². The molecule has 2 spiro atoms. The lowest BCUT2D eigenvalue weighted by Crippen LogP contribution is -2.67. The third-order valence-electron chi connectivity index (χ3n) is 16.7. The second-order valence-electron chi connectivity index (χ2n) is 20.7. The van der Waals surface area contributed by atoms with E-state index in [1.165, 1.54) is 4.90 Å². The zero-order valence-corrected chi connectivity index (χ0v) is 40.7. The molecule has 0 aliphatic carbocycles. The summed E-state index contributed by atoms with van der Waals surface area (Å²) < 4.78 is 34.5. The second kappa shape index (κ2) is 19.9. The van der Waals surface area contributed by atoms with E-state index in [9.17, 15) is 39.3 Å². The number of hydrogen-bond acceptors (Lipinski definition) is 12. The molecule has 0 radical (unpaired) electrons. The van der Waals surface area contributed by atoms with Crippen molar-refractivity contribution in [2.24, 2.45) is 41.4 Å². The van der Waals surface area contributed by atoms with Crippen LogP contribution in [-0.2, 0) is 42.9 Å². The molecule has 65 heavy (non-hydrogen) atoms. The van der Waals surface area contributed by atoms with Crippen LogP contribution in [0.15, 0.2) is 12.2 Å². The Morgan fingerprint density at radius 3 is 2.18 bits per heavy atom. The van der Waals surface area contributed by atoms with Gasteiger partial charge >= 0.3 is 23.8 Å². The van der Waals surface area contributed by atoms with Gasteiger partial charge in [0, 0.05) is 49.7 Å². The second-order valence-corrected chi connectivity index (χ2v) is 20.7. The number of aliphatic hydroxyl groups is 2. The number of nitrogens with one attached hydrogen (secondary N) is 1. The number of urea groups is 1. The summed E-state index contributed by atoms with van der Waals surface area (Å²) in [4.78, 5) is 69.1. The number of aliphatic hydroxyl groups excluding tert-OH is 1. The molecular weight excluding hydrogens is 839 g/mol. The molecule has 0 saturated carbocycles. The van der Waals surface area contributed by atoms with E-state index < -0.39 is 113 Å². The minimum absolute atomic E-state index is 0.0283. The van der Waals surface area contributed by atoms with E-state index in [2.05, 4.69) is 12.2 Å². The van der Waals surface area contributed by atoms with Crippen LogP contribution in [0.25, 0.3) is 0 Å². The molecule has 4 N–H and O–H groups in total. The first-order valence-electron chi connectivity index (χ1n) is 24.7. The molecule has 5 saturated heterocycles. The lowest BCUT2D eigenvalue weighted by molar-refractivity contribution is -0.398. The maximum absolute atomic E-state index is 14.7. The third-order valence-corrected chi connectivity index (χ3v) is 16.7. The van der Waals surface area contributed by atoms with Gasteiger partial charge in [-0.25, -0.2) is 4.79 Å². The van der Waals surface area contributed by atoms with Gasteiger partial charge in [0.15, 0.2) is 11.6 Å². The van der Waals surface area contributed by atoms with E-state index in [4.69, 9.17) is 23.7 Å². The van der Waals surface area contributed by atoms with Gasteiger partial charge in [-0.3, -0.25) is 24.1 Å². The molecule has 0 aromatic carbocycles. The summed E-state index contributed by atoms with van der Waals surface area (Å²) in [5, 5.41) is 36.0. The highest BCUT2D eigenvalue weighted by molar-refractivity contribution is 6.38. The summed E-state index contributed by atoms with van der Waals surface area (Å²) in [5.74, 6) is -8.42. The molecule has 18 atom stereocenters. The van der Waals surface area contributed by atoms with Gasteiger partial charge in [-0.1, -0.05) is 61.5 Å². The molecule has 0 aromatic rings. The van der Waals surface area contributed by atoms with Gasteiger partial charge in [0.2, 0.25) is 0 Å². The molecule has 0 bridgehead atoms. The predicted molar refractivity (Wildman–Crippen MR) is 239 cm³/mol. The van der Waals surface area contributed by atoms with E-state index in [0.717, 1.165) is 11.3 Å². The average Bonchev–Trinajstić information content (AvgIpc) is 3.62. The summed E-state index contributed by atoms with van der Waals surface area (Å²) in [6.07, 6.45) is 5.31. The lowest BCUT2D eigenvalue weighted by Gasteiger charge is -2.55. The van der Waals surface area contributed by atoms with Crippen LogP contribution in [0, 0.1) is 41.4 Å². The normalized spacial score (nSPS) is 41.3. The molecule has 16 heteroatoms. The molecule has 6 aliphatic heterocycles. The van der Waals surface area contributed by atoms with Gasteiger partial charge in [0.1, 0.15) is 11.8 Å². The van der Waals surface area contributed by atoms with Crippen LogP contribution in [0.4, 0.5) is 4.79 Å². The fraction of sp³-hybridized carbons (Fsp3) is 0.857. The van der Waals surface area contributed by atoms with Crippen molar-refractivity contribution in [3.63, 3.8) is 0 Å². The zero-order chi connectivity index (χ0) is 48.0. The minimum atomic E-state index is -1.53. The number of likely N-dealkylation sites (N-methyl/N-ethyl adjacent to an activating group) is 1. The van der Waals surface area contributed by atoms with Crippen molar-refractivity contribution in [3.8, 4) is 0 Å². The number of amides is 4. The van der Waals surface area contributed by atoms with Gasteiger partial charge in [0.25, 0.3) is 0 Å². The first kappa shape index (κ1) is 51.4. The summed E-state index contributed by atoms with van der Waals surface area (Å²) in [7, 11) is 0. The number of piperazine rings is 1. The van der Waals surface area contributed by atoms with Gasteiger partial charge in [-0.15, -0.1) is 0 Å². The molecule has 6 heterocycles. The number of nitrogens with zero attached hydrogens (tertiary/aromatic N) is 2. The van der Waals surface area contributed by atoms with Crippen molar-refractivity contribution >= 4 is 29.6 Å². The molecule has 368 valence electrons. The summed E-state index contributed by atoms with van der Waals surface area (Å²) in [6, 6.07) is -1.68. The minimum Gasteiger partial charge on any atom is -0.481 e. The smallest absolute Gasteiger partial charge is 0.325 e. The van der Waals surface area contributed by atoms with Crippen molar-refractivity contribution in [1.82, 2.24) is 15.1 Å². The molecule has 6 aliphatic rings. The number of hydrogen-bond donors (Lipinski definition) is 4. The van der Waals surface area contributed by atoms with E-state index in [1.807, 2.05) is 55.4 Å². The Morgan fingerprint density at radius 1 is 0.877 bits per heavy atom. The van der Waals surface area contributed by atoms with Gasteiger partial charge in [-0.05, 0) is 96.5 Å². The molecule has 0 unspecified atom stereocenters. The number of aliphatic carboxylic acids is 1. The van der Waals surface area contributed by atoms with E-state index in [0.29, 0.717) is 64.3 Å². The Labute approximate surface area is 385 Å². The van der Waals surface area contributed by atoms with Gasteiger partial charge in [0.05, 0.1) is 53.7 Å².